The minimum absolute atomic E-state index is 0.00162. The van der Waals surface area contributed by atoms with Crippen molar-refractivity contribution >= 4 is 112 Å². The molecule has 2 aliphatic rings. The van der Waals surface area contributed by atoms with Crippen molar-refractivity contribution in [2.24, 2.45) is 28.2 Å². The molecule has 16 bridgehead atoms. The Hall–Kier alpha value is -8.55. The van der Waals surface area contributed by atoms with E-state index in [1.165, 1.54) is 10.6 Å². The number of aromatic carboxylic acids is 2. The van der Waals surface area contributed by atoms with Gasteiger partial charge in [0.15, 0.2) is 0 Å². The smallest absolute Gasteiger partial charge is 0.352 e. The van der Waals surface area contributed by atoms with Crippen LogP contribution in [-0.2, 0) is 89.0 Å². The topological polar surface area (TPSA) is 215 Å². The van der Waals surface area contributed by atoms with E-state index in [2.05, 4.69) is 54.4 Å². The number of sulfonamides is 1. The van der Waals surface area contributed by atoms with Crippen LogP contribution in [0, 0.1) is 27.7 Å². The van der Waals surface area contributed by atoms with Crippen LogP contribution in [0.5, 0.6) is 11.5 Å². The van der Waals surface area contributed by atoms with Gasteiger partial charge in [0.2, 0.25) is 10.0 Å². The zero-order valence-corrected chi connectivity index (χ0v) is 59.5. The van der Waals surface area contributed by atoms with Crippen molar-refractivity contribution in [3.05, 3.63) is 187 Å². The normalized spacial score (nSPS) is 14.8. The van der Waals surface area contributed by atoms with E-state index in [9.17, 15) is 28.2 Å². The summed E-state index contributed by atoms with van der Waals surface area (Å²) in [7, 11) is 5.91. The number of carboxylic acids is 2. The summed E-state index contributed by atoms with van der Waals surface area (Å²) < 4.78 is 51.9. The van der Waals surface area contributed by atoms with E-state index in [1.54, 1.807) is 52.9 Å². The Balaban J connectivity index is 0.000000175. The molecule has 6 aromatic carbocycles. The maximum Gasteiger partial charge on any atom is 0.352 e. The van der Waals surface area contributed by atoms with Crippen molar-refractivity contribution < 1.29 is 37.7 Å². The fourth-order valence-corrected chi connectivity index (χ4v) is 17.1. The van der Waals surface area contributed by atoms with Crippen LogP contribution in [0.25, 0.3) is 65.6 Å². The van der Waals surface area contributed by atoms with Gasteiger partial charge in [0.1, 0.15) is 22.9 Å². The van der Waals surface area contributed by atoms with Gasteiger partial charge in [-0.1, -0.05) is 71.7 Å². The third kappa shape index (κ3) is 13.0. The molecule has 502 valence electrons. The molecule has 0 atom stereocenters. The zero-order chi connectivity index (χ0) is 68.5. The maximum atomic E-state index is 13.3. The Morgan fingerprint density at radius 1 is 0.546 bits per heavy atom. The first-order chi connectivity index (χ1) is 46.4. The number of carboxylic acid groups (broad SMARTS) is 2. The third-order valence-electron chi connectivity index (χ3n) is 18.5. The van der Waals surface area contributed by atoms with Crippen LogP contribution in [0.1, 0.15) is 90.5 Å². The van der Waals surface area contributed by atoms with Gasteiger partial charge in [-0.2, -0.15) is 24.7 Å². The highest BCUT2D eigenvalue weighted by Crippen LogP contribution is 2.46. The summed E-state index contributed by atoms with van der Waals surface area (Å²) in [5.74, 6) is 0.943. The molecular weight excluding hydrogens is 1330 g/mol. The Morgan fingerprint density at radius 2 is 1.03 bits per heavy atom. The molecule has 0 spiro atoms. The second-order valence-electron chi connectivity index (χ2n) is 25.0. The van der Waals surface area contributed by atoms with Crippen molar-refractivity contribution in [2.45, 2.75) is 101 Å². The number of hydrogen-bond acceptors (Lipinski definition) is 13. The number of hydrogen-bond donors (Lipinski definition) is 2. The molecule has 8 heterocycles. The third-order valence-corrected chi connectivity index (χ3v) is 22.3. The molecule has 0 amide bonds. The van der Waals surface area contributed by atoms with Gasteiger partial charge in [-0.25, -0.2) is 18.0 Å². The average molecular weight is 1400 g/mol. The highest BCUT2D eigenvalue weighted by Gasteiger charge is 2.32. The molecule has 0 saturated heterocycles. The predicted molar refractivity (Wildman–Crippen MR) is 384 cm³/mol. The van der Waals surface area contributed by atoms with Crippen LogP contribution in [0.4, 0.5) is 0 Å². The number of rotatable bonds is 3. The lowest BCUT2D eigenvalue weighted by Crippen LogP contribution is -2.30. The summed E-state index contributed by atoms with van der Waals surface area (Å²) in [6.07, 6.45) is 2.35. The van der Waals surface area contributed by atoms with Crippen molar-refractivity contribution in [3.63, 3.8) is 0 Å². The molecule has 0 aliphatic carbocycles. The number of nitrogens with zero attached hydrogens (tertiary/aromatic N) is 12. The fourth-order valence-electron chi connectivity index (χ4n) is 13.9. The van der Waals surface area contributed by atoms with Gasteiger partial charge >= 0.3 is 11.9 Å². The van der Waals surface area contributed by atoms with E-state index in [-0.39, 0.29) is 24.5 Å². The second-order valence-corrected chi connectivity index (χ2v) is 29.9. The quantitative estimate of drug-likeness (QED) is 0.168. The predicted octanol–water partition coefficient (Wildman–Crippen LogP) is 14.5. The Bertz CT molecular complexity index is 5260. The van der Waals surface area contributed by atoms with Gasteiger partial charge in [0.25, 0.3) is 0 Å². The lowest BCUT2D eigenvalue weighted by Gasteiger charge is -2.20. The van der Waals surface area contributed by atoms with E-state index in [0.717, 1.165) is 99.1 Å². The number of benzene rings is 6. The molecule has 20 nitrogen and oxygen atoms in total. The molecule has 2 aliphatic heterocycles. The fraction of sp³-hybridized carbons (Fsp3) is 0.306. The number of thioether (sulfide) groups is 2. The van der Waals surface area contributed by atoms with Crippen LogP contribution in [0.15, 0.2) is 119 Å². The molecule has 2 N–H and O–H groups in total. The average Bonchev–Trinajstić information content (AvgIpc) is 1.59. The number of aryl methyl sites for hydroxylation is 9. The lowest BCUT2D eigenvalue weighted by atomic mass is 9.96. The van der Waals surface area contributed by atoms with Gasteiger partial charge in [0.05, 0.1) is 61.0 Å². The Labute approximate surface area is 580 Å². The summed E-state index contributed by atoms with van der Waals surface area (Å²) in [5, 5.41) is 46.8. The minimum Gasteiger partial charge on any atom is -0.493 e. The SMILES string of the molecule is Cc1c(C(=O)O)n2c3ccc(Cl)c(c13)-c1c(nn(C)c1C)CN(C)Cc1cc(n(C)n1)CSc1cc(c3ccccc3c1)OCCC2.Cc1nn(C)c2c1-c1c(Cl)ccc3c1c(C)c(C(=O)O)n3CCCOc1cc(cc3ccccc13)SCc1cc(nn1C)CN(S(C)(=O)=O)C2. The van der Waals surface area contributed by atoms with E-state index >= 15 is 0 Å². The van der Waals surface area contributed by atoms with Crippen LogP contribution >= 0.6 is 46.7 Å². The molecule has 12 aromatic rings. The summed E-state index contributed by atoms with van der Waals surface area (Å²) in [6, 6.07) is 36.3. The number of carbonyl (C=O) groups is 2. The summed E-state index contributed by atoms with van der Waals surface area (Å²) in [4.78, 5) is 29.9. The largest absolute Gasteiger partial charge is 0.493 e. The van der Waals surface area contributed by atoms with Crippen LogP contribution in [0.2, 0.25) is 10.0 Å². The highest BCUT2D eigenvalue weighted by atomic mass is 35.5. The number of ether oxygens (including phenoxy) is 2. The van der Waals surface area contributed by atoms with Crippen molar-refractivity contribution in [1.29, 1.82) is 0 Å². The molecule has 0 saturated carbocycles. The van der Waals surface area contributed by atoms with Crippen LogP contribution in [-0.4, -0.2) is 115 Å². The summed E-state index contributed by atoms with van der Waals surface area (Å²) in [5.41, 5.74) is 13.1. The highest BCUT2D eigenvalue weighted by molar-refractivity contribution is 7.98. The van der Waals surface area contributed by atoms with E-state index in [0.29, 0.717) is 118 Å². The number of halogens is 2. The first-order valence-electron chi connectivity index (χ1n) is 31.8. The second kappa shape index (κ2) is 27.0. The Morgan fingerprint density at radius 3 is 1.53 bits per heavy atom. The first-order valence-corrected chi connectivity index (χ1v) is 36.4. The van der Waals surface area contributed by atoms with Crippen molar-refractivity contribution in [1.82, 2.24) is 57.5 Å². The van der Waals surface area contributed by atoms with E-state index in [1.807, 2.05) is 121 Å². The van der Waals surface area contributed by atoms with Crippen molar-refractivity contribution in [3.8, 4) is 33.8 Å². The number of fused-ring (bicyclic) bond motifs is 16. The first kappa shape index (κ1) is 67.0. The van der Waals surface area contributed by atoms with Gasteiger partial charge in [-0.3, -0.25) is 23.6 Å². The van der Waals surface area contributed by atoms with Gasteiger partial charge in [0, 0.05) is 158 Å². The number of aromatic nitrogens is 10. The lowest BCUT2D eigenvalue weighted by molar-refractivity contribution is 0.0673. The Kier molecular flexibility index (Phi) is 18.7. The van der Waals surface area contributed by atoms with E-state index in [4.69, 9.17) is 53.1 Å². The van der Waals surface area contributed by atoms with Gasteiger partial charge < -0.3 is 28.8 Å². The summed E-state index contributed by atoms with van der Waals surface area (Å²) >= 11 is 17.4. The molecule has 0 fully saturated rings. The molecule has 25 heteroatoms. The molecular formula is C72H74Cl2N12O8S3. The molecule has 0 radical (unpaired) electrons. The molecule has 97 heavy (non-hydrogen) atoms. The standard InChI is InChI=1S/C36H37ClN6O5S2.C36H37ClN6O3S/c1-21-32-29-12-11-28(37)34(32)33-22(2)38-41(4)30(33)19-42(50(5,46)47)18-24-16-25(40(3)39-24)20-49-26-15-23-9-6-7-10-27(23)31(17-26)48-14-8-13-43(29)35(21)36(44)45;1-21-32-30-12-11-28(37)34(32)33-22(2)41(4)39-29(33)19-40(3)18-24-16-25(42(5)38-24)20-47-26-15-23-9-6-7-10-27(23)31(17-26)46-14-8-13-43(30)35(21)36(44)45/h6-7,9-12,15-17H,8,13-14,18-20H2,1-5H3,(H,44,45);6-7,9-12,15-17H,8,13-14,18-20H2,1-5H3,(H,44,45). The molecule has 14 rings (SSSR count). The van der Waals surface area contributed by atoms with Crippen molar-refractivity contribution in [2.75, 3.05) is 26.5 Å². The minimum atomic E-state index is -3.72. The maximum absolute atomic E-state index is 13.3. The molecule has 0 unspecified atom stereocenters. The zero-order valence-electron chi connectivity index (χ0n) is 55.6. The summed E-state index contributed by atoms with van der Waals surface area (Å²) in [6.45, 7) is 10.5. The van der Waals surface area contributed by atoms with Gasteiger partial charge in [-0.05, 0) is 130 Å². The van der Waals surface area contributed by atoms with Crippen LogP contribution < -0.4 is 9.47 Å². The van der Waals surface area contributed by atoms with Crippen LogP contribution in [0.3, 0.4) is 0 Å². The molecule has 6 aromatic heterocycles. The monoisotopic (exact) mass is 1400 g/mol. The van der Waals surface area contributed by atoms with Gasteiger partial charge in [-0.15, -0.1) is 23.5 Å². The van der Waals surface area contributed by atoms with E-state index < -0.39 is 22.0 Å².